The lowest BCUT2D eigenvalue weighted by molar-refractivity contribution is -0.274. The van der Waals surface area contributed by atoms with E-state index < -0.39 is 18.1 Å². The minimum Gasteiger partial charge on any atom is -0.406 e. The highest BCUT2D eigenvalue weighted by Gasteiger charge is 2.31. The summed E-state index contributed by atoms with van der Waals surface area (Å²) in [5.41, 5.74) is 0.431. The molecule has 0 aliphatic carbocycles. The van der Waals surface area contributed by atoms with Crippen LogP contribution in [0.25, 0.3) is 0 Å². The van der Waals surface area contributed by atoms with Crippen molar-refractivity contribution in [3.63, 3.8) is 0 Å². The van der Waals surface area contributed by atoms with Gasteiger partial charge < -0.3 is 19.9 Å². The Labute approximate surface area is 210 Å². The number of piperazine rings is 1. The number of ether oxygens (including phenoxy) is 1. The predicted octanol–water partition coefficient (Wildman–Crippen LogP) is 4.81. The molecule has 9 nitrogen and oxygen atoms in total. The molecule has 0 unspecified atom stereocenters. The van der Waals surface area contributed by atoms with Crippen LogP contribution < -0.4 is 20.3 Å². The highest BCUT2D eigenvalue weighted by Crippen LogP contribution is 2.30. The number of anilines is 3. The molecule has 0 bridgehead atoms. The largest absolute Gasteiger partial charge is 0.573 e. The minimum atomic E-state index is -4.80. The lowest BCUT2D eigenvalue weighted by Gasteiger charge is -2.35. The van der Waals surface area contributed by atoms with Crippen LogP contribution in [0.2, 0.25) is 0 Å². The maximum absolute atomic E-state index is 13.0. The molecule has 14 heteroatoms. The van der Waals surface area contributed by atoms with Crippen LogP contribution in [-0.2, 0) is 0 Å². The van der Waals surface area contributed by atoms with E-state index in [9.17, 15) is 22.8 Å². The Morgan fingerprint density at radius 2 is 1.74 bits per heavy atom. The van der Waals surface area contributed by atoms with Gasteiger partial charge in [0.05, 0.1) is 0 Å². The van der Waals surface area contributed by atoms with Crippen LogP contribution in [-0.4, -0.2) is 59.3 Å². The molecule has 0 radical (unpaired) electrons. The van der Waals surface area contributed by atoms with Gasteiger partial charge >= 0.3 is 12.4 Å². The highest BCUT2D eigenvalue weighted by atomic mass is 79.9. The molecule has 1 aromatic carbocycles. The average molecular weight is 571 g/mol. The van der Waals surface area contributed by atoms with E-state index in [1.165, 1.54) is 12.1 Å². The number of benzene rings is 1. The molecule has 0 saturated carbocycles. The number of carbonyl (C=O) groups is 2. The van der Waals surface area contributed by atoms with E-state index in [4.69, 9.17) is 0 Å². The van der Waals surface area contributed by atoms with Crippen LogP contribution in [0, 0.1) is 0 Å². The van der Waals surface area contributed by atoms with Crippen LogP contribution >= 0.6 is 27.3 Å². The zero-order chi connectivity index (χ0) is 25.0. The van der Waals surface area contributed by atoms with Crippen molar-refractivity contribution >= 4 is 55.8 Å². The molecule has 184 valence electrons. The number of carbonyl (C=O) groups excluding carboxylic acids is 2. The molecular formula is C21H18BrF3N6O3S. The van der Waals surface area contributed by atoms with Crippen LogP contribution in [0.4, 0.5) is 34.6 Å². The third-order valence-corrected chi connectivity index (χ3v) is 6.52. The van der Waals surface area contributed by atoms with Gasteiger partial charge in [0.1, 0.15) is 15.4 Å². The Morgan fingerprint density at radius 1 is 1.03 bits per heavy atom. The van der Waals surface area contributed by atoms with Crippen molar-refractivity contribution in [1.29, 1.82) is 0 Å². The molecule has 1 aliphatic rings. The van der Waals surface area contributed by atoms with E-state index >= 15 is 0 Å². The average Bonchev–Trinajstić information content (AvgIpc) is 3.19. The molecule has 2 N–H and O–H groups in total. The van der Waals surface area contributed by atoms with E-state index in [1.807, 2.05) is 18.2 Å². The first-order valence-electron chi connectivity index (χ1n) is 10.2. The number of halogens is 4. The number of rotatable bonds is 5. The first-order chi connectivity index (χ1) is 16.7. The summed E-state index contributed by atoms with van der Waals surface area (Å²) in [7, 11) is 0. The number of aromatic nitrogens is 2. The van der Waals surface area contributed by atoms with Gasteiger partial charge in [-0.3, -0.25) is 10.1 Å². The smallest absolute Gasteiger partial charge is 0.406 e. The van der Waals surface area contributed by atoms with Gasteiger partial charge in [0, 0.05) is 38.1 Å². The fourth-order valence-electron chi connectivity index (χ4n) is 3.32. The van der Waals surface area contributed by atoms with Gasteiger partial charge in [-0.1, -0.05) is 17.4 Å². The Morgan fingerprint density at radius 3 is 2.37 bits per heavy atom. The summed E-state index contributed by atoms with van der Waals surface area (Å²) >= 11 is 4.40. The molecule has 1 aliphatic heterocycles. The van der Waals surface area contributed by atoms with Crippen molar-refractivity contribution in [3.05, 3.63) is 58.1 Å². The van der Waals surface area contributed by atoms with Crippen molar-refractivity contribution in [2.24, 2.45) is 0 Å². The maximum Gasteiger partial charge on any atom is 0.573 e. The Hall–Kier alpha value is -3.39. The van der Waals surface area contributed by atoms with E-state index in [1.54, 1.807) is 11.1 Å². The molecule has 0 spiro atoms. The fourth-order valence-corrected chi connectivity index (χ4v) is 4.71. The van der Waals surface area contributed by atoms with Crippen LogP contribution in [0.1, 0.15) is 10.5 Å². The van der Waals surface area contributed by atoms with Crippen LogP contribution in [0.5, 0.6) is 5.75 Å². The third kappa shape index (κ3) is 6.60. The van der Waals surface area contributed by atoms with Crippen molar-refractivity contribution in [1.82, 2.24) is 14.9 Å². The number of hydrogen-bond acceptors (Lipinski definition) is 7. The monoisotopic (exact) mass is 570 g/mol. The number of pyridine rings is 1. The molecule has 35 heavy (non-hydrogen) atoms. The molecule has 3 aromatic rings. The van der Waals surface area contributed by atoms with Gasteiger partial charge in [0.25, 0.3) is 5.91 Å². The number of thiazole rings is 1. The molecule has 3 heterocycles. The minimum absolute atomic E-state index is 0.182. The van der Waals surface area contributed by atoms with Gasteiger partial charge in [-0.15, -0.1) is 13.2 Å². The molecule has 2 aromatic heterocycles. The number of nitrogens with one attached hydrogen (secondary N) is 2. The summed E-state index contributed by atoms with van der Waals surface area (Å²) in [6.45, 7) is 2.25. The number of amides is 3. The number of nitrogens with zero attached hydrogens (tertiary/aromatic N) is 4. The first-order valence-corrected chi connectivity index (χ1v) is 11.8. The fraction of sp³-hybridized carbons (Fsp3) is 0.238. The summed E-state index contributed by atoms with van der Waals surface area (Å²) in [5, 5.41) is 5.18. The summed E-state index contributed by atoms with van der Waals surface area (Å²) in [5.74, 6) is 0.188. The van der Waals surface area contributed by atoms with Crippen LogP contribution in [0.3, 0.4) is 0 Å². The van der Waals surface area contributed by atoms with E-state index in [2.05, 4.69) is 46.2 Å². The molecule has 1 fully saturated rings. The standard InChI is InChI=1S/C21H18BrF3N6O3S/c22-17-16(18(32)31-11-9-30(10-12-31)15-3-1-2-8-26-15)28-20(35-17)29-19(33)27-13-4-6-14(7-5-13)34-21(23,24)25/h1-8H,9-12H2,(H2,27,28,29,33). The summed E-state index contributed by atoms with van der Waals surface area (Å²) in [6.07, 6.45) is -3.08. The number of hydrogen-bond donors (Lipinski definition) is 2. The molecular weight excluding hydrogens is 553 g/mol. The van der Waals surface area contributed by atoms with E-state index in [0.29, 0.717) is 30.0 Å². The van der Waals surface area contributed by atoms with E-state index in [-0.39, 0.29) is 22.4 Å². The predicted molar refractivity (Wildman–Crippen MR) is 128 cm³/mol. The molecule has 0 atom stereocenters. The lowest BCUT2D eigenvalue weighted by Crippen LogP contribution is -2.49. The zero-order valence-corrected chi connectivity index (χ0v) is 20.3. The lowest BCUT2D eigenvalue weighted by atomic mass is 10.3. The zero-order valence-electron chi connectivity index (χ0n) is 17.9. The highest BCUT2D eigenvalue weighted by molar-refractivity contribution is 9.11. The number of alkyl halides is 3. The van der Waals surface area contributed by atoms with Gasteiger partial charge in [0.2, 0.25) is 0 Å². The van der Waals surface area contributed by atoms with Gasteiger partial charge in [0.15, 0.2) is 10.8 Å². The van der Waals surface area contributed by atoms with Gasteiger partial charge in [-0.25, -0.2) is 14.8 Å². The number of urea groups is 1. The van der Waals surface area contributed by atoms with Gasteiger partial charge in [-0.05, 0) is 52.3 Å². The summed E-state index contributed by atoms with van der Waals surface area (Å²) in [6, 6.07) is 9.68. The van der Waals surface area contributed by atoms with E-state index in [0.717, 1.165) is 29.3 Å². The second-order valence-corrected chi connectivity index (χ2v) is 9.58. The summed E-state index contributed by atoms with van der Waals surface area (Å²) < 4.78 is 41.0. The topological polar surface area (TPSA) is 99.7 Å². The second-order valence-electron chi connectivity index (χ2n) is 7.26. The molecule has 4 rings (SSSR count). The quantitative estimate of drug-likeness (QED) is 0.457. The maximum atomic E-state index is 13.0. The van der Waals surface area contributed by atoms with Crippen molar-refractivity contribution in [2.45, 2.75) is 6.36 Å². The Bertz CT molecular complexity index is 1190. The molecule has 1 saturated heterocycles. The van der Waals surface area contributed by atoms with Crippen molar-refractivity contribution in [2.75, 3.05) is 41.7 Å². The first kappa shape index (κ1) is 24.7. The Kier molecular flexibility index (Phi) is 7.40. The third-order valence-electron chi connectivity index (χ3n) is 4.89. The van der Waals surface area contributed by atoms with Crippen LogP contribution in [0.15, 0.2) is 52.4 Å². The Balaban J connectivity index is 1.32. The van der Waals surface area contributed by atoms with Crippen molar-refractivity contribution in [3.8, 4) is 5.75 Å². The van der Waals surface area contributed by atoms with Gasteiger partial charge in [-0.2, -0.15) is 0 Å². The normalized spacial score (nSPS) is 13.9. The second kappa shape index (κ2) is 10.5. The van der Waals surface area contributed by atoms with Crippen molar-refractivity contribution < 1.29 is 27.5 Å². The molecule has 3 amide bonds. The SMILES string of the molecule is O=C(Nc1ccc(OC(F)(F)F)cc1)Nc1nc(C(=O)N2CCN(c3ccccn3)CC2)c(Br)s1. The summed E-state index contributed by atoms with van der Waals surface area (Å²) in [4.78, 5) is 37.6.